The molecule has 4 aromatic rings. The van der Waals surface area contributed by atoms with E-state index < -0.39 is 17.8 Å². The molecule has 0 spiro atoms. The zero-order chi connectivity index (χ0) is 27.9. The largest absolute Gasteiger partial charge is 0.508 e. The molecule has 0 aliphatic carbocycles. The number of carbonyl (C=O) groups excluding carboxylic acids is 1. The van der Waals surface area contributed by atoms with Gasteiger partial charge in [0.05, 0.1) is 22.4 Å². The Bertz CT molecular complexity index is 1520. The molecule has 1 amide bonds. The summed E-state index contributed by atoms with van der Waals surface area (Å²) in [6, 6.07) is 20.4. The average molecular weight is 530 g/mol. The minimum atomic E-state index is -1.29. The van der Waals surface area contributed by atoms with E-state index in [-0.39, 0.29) is 34.8 Å². The van der Waals surface area contributed by atoms with Crippen LogP contribution in [0.3, 0.4) is 0 Å². The Morgan fingerprint density at radius 2 is 1.18 bits per heavy atom. The van der Waals surface area contributed by atoms with Crippen LogP contribution in [-0.4, -0.2) is 38.3 Å². The summed E-state index contributed by atoms with van der Waals surface area (Å²) in [5, 5.41) is 40.3. The highest BCUT2D eigenvalue weighted by Crippen LogP contribution is 2.26. The molecule has 0 radical (unpaired) electrons. The molecule has 0 unspecified atom stereocenters. The van der Waals surface area contributed by atoms with E-state index in [9.17, 15) is 34.8 Å². The second-order valence-electron chi connectivity index (χ2n) is 8.18. The van der Waals surface area contributed by atoms with Crippen LogP contribution in [0, 0.1) is 0 Å². The maximum absolute atomic E-state index is 12.5. The molecular formula is C28H22N2O9. The fourth-order valence-electron chi connectivity index (χ4n) is 3.54. The maximum Gasteiger partial charge on any atom is 0.336 e. The number of carboxylic acids is 2. The number of carboxylic acid groups (broad SMARTS) is 2. The number of hydrogen-bond donors (Lipinski definition) is 6. The van der Waals surface area contributed by atoms with Crippen LogP contribution >= 0.6 is 0 Å². The summed E-state index contributed by atoms with van der Waals surface area (Å²) in [6.45, 7) is -0.0970. The molecule has 0 aliphatic rings. The van der Waals surface area contributed by atoms with Crippen molar-refractivity contribution in [1.29, 1.82) is 0 Å². The number of nitrogens with one attached hydrogen (secondary N) is 2. The van der Waals surface area contributed by atoms with Crippen molar-refractivity contribution in [2.24, 2.45) is 0 Å². The standard InChI is InChI=1S/C28H22N2O9/c31-19-5-11-23(27(34)35)16(13-19)15-38-30-18-3-9-22(10-4-18)39-21-7-1-17(2-8-21)29-26(33)25-14-20(32)6-12-24(25)28(36)37/h1-14,30-32H,15H2,(H,29,33)(H,34,35)(H,36,37). The summed E-state index contributed by atoms with van der Waals surface area (Å²) in [4.78, 5) is 40.6. The quantitative estimate of drug-likeness (QED) is 0.152. The number of rotatable bonds is 10. The molecule has 11 heteroatoms. The molecule has 39 heavy (non-hydrogen) atoms. The number of anilines is 2. The topological polar surface area (TPSA) is 175 Å². The first-order valence-electron chi connectivity index (χ1n) is 11.4. The van der Waals surface area contributed by atoms with Crippen LogP contribution in [0.2, 0.25) is 0 Å². The van der Waals surface area contributed by atoms with E-state index in [1.165, 1.54) is 24.3 Å². The molecule has 0 fully saturated rings. The molecule has 0 atom stereocenters. The lowest BCUT2D eigenvalue weighted by atomic mass is 10.1. The Morgan fingerprint density at radius 1 is 0.641 bits per heavy atom. The highest BCUT2D eigenvalue weighted by atomic mass is 16.6. The Hall–Kier alpha value is -5.55. The van der Waals surface area contributed by atoms with Crippen LogP contribution in [0.5, 0.6) is 23.0 Å². The van der Waals surface area contributed by atoms with Crippen molar-refractivity contribution < 1.29 is 44.4 Å². The first-order chi connectivity index (χ1) is 18.7. The predicted molar refractivity (Wildman–Crippen MR) is 139 cm³/mol. The lowest BCUT2D eigenvalue weighted by molar-refractivity contribution is 0.0682. The summed E-state index contributed by atoms with van der Waals surface area (Å²) < 4.78 is 5.79. The third kappa shape index (κ3) is 6.81. The fourth-order valence-corrected chi connectivity index (χ4v) is 3.54. The molecule has 0 heterocycles. The third-order valence-corrected chi connectivity index (χ3v) is 5.42. The molecular weight excluding hydrogens is 508 g/mol. The third-order valence-electron chi connectivity index (χ3n) is 5.42. The van der Waals surface area contributed by atoms with Crippen molar-refractivity contribution in [3.05, 3.63) is 107 Å². The van der Waals surface area contributed by atoms with Crippen LogP contribution in [0.15, 0.2) is 84.9 Å². The van der Waals surface area contributed by atoms with Gasteiger partial charge in [0, 0.05) is 5.69 Å². The molecule has 0 saturated heterocycles. The summed E-state index contributed by atoms with van der Waals surface area (Å²) >= 11 is 0. The molecule has 0 bridgehead atoms. The van der Waals surface area contributed by atoms with E-state index in [1.807, 2.05) is 0 Å². The normalized spacial score (nSPS) is 10.5. The lowest BCUT2D eigenvalue weighted by Gasteiger charge is -2.11. The van der Waals surface area contributed by atoms with Gasteiger partial charge >= 0.3 is 11.9 Å². The summed E-state index contributed by atoms with van der Waals surface area (Å²) in [7, 11) is 0. The van der Waals surface area contributed by atoms with Gasteiger partial charge < -0.3 is 30.5 Å². The second-order valence-corrected chi connectivity index (χ2v) is 8.18. The van der Waals surface area contributed by atoms with Crippen molar-refractivity contribution in [3.63, 3.8) is 0 Å². The summed E-state index contributed by atoms with van der Waals surface area (Å²) in [6.07, 6.45) is 0. The van der Waals surface area contributed by atoms with Crippen molar-refractivity contribution in [2.45, 2.75) is 6.61 Å². The van der Waals surface area contributed by atoms with E-state index in [4.69, 9.17) is 9.57 Å². The Labute approximate surface area is 221 Å². The monoisotopic (exact) mass is 530 g/mol. The number of aromatic hydroxyl groups is 2. The van der Waals surface area contributed by atoms with Crippen LogP contribution < -0.4 is 15.5 Å². The number of phenolic OH excluding ortho intramolecular Hbond substituents is 2. The van der Waals surface area contributed by atoms with E-state index in [2.05, 4.69) is 10.8 Å². The first kappa shape index (κ1) is 26.5. The molecule has 4 rings (SSSR count). The van der Waals surface area contributed by atoms with Crippen LogP contribution in [0.4, 0.5) is 11.4 Å². The Balaban J connectivity index is 1.32. The highest BCUT2D eigenvalue weighted by molar-refractivity contribution is 6.11. The van der Waals surface area contributed by atoms with Crippen molar-refractivity contribution in [1.82, 2.24) is 0 Å². The zero-order valence-corrected chi connectivity index (χ0v) is 20.1. The summed E-state index contributed by atoms with van der Waals surface area (Å²) in [5.41, 5.74) is 3.58. The van der Waals surface area contributed by atoms with E-state index >= 15 is 0 Å². The van der Waals surface area contributed by atoms with Gasteiger partial charge in [0.1, 0.15) is 29.6 Å². The first-order valence-corrected chi connectivity index (χ1v) is 11.4. The number of carbonyl (C=O) groups is 3. The number of aromatic carboxylic acids is 2. The van der Waals surface area contributed by atoms with Crippen molar-refractivity contribution in [2.75, 3.05) is 10.8 Å². The van der Waals surface area contributed by atoms with E-state index in [0.717, 1.165) is 12.1 Å². The summed E-state index contributed by atoms with van der Waals surface area (Å²) in [5.74, 6) is -2.44. The Kier molecular flexibility index (Phi) is 7.93. The molecule has 4 aromatic carbocycles. The fraction of sp³-hybridized carbons (Fsp3) is 0.0357. The van der Waals surface area contributed by atoms with Crippen molar-refractivity contribution in [3.8, 4) is 23.0 Å². The molecule has 198 valence electrons. The van der Waals surface area contributed by atoms with E-state index in [1.54, 1.807) is 48.5 Å². The second kappa shape index (κ2) is 11.7. The number of hydrogen-bond acceptors (Lipinski definition) is 8. The van der Waals surface area contributed by atoms with Crippen LogP contribution in [0.1, 0.15) is 36.6 Å². The maximum atomic E-state index is 12.5. The zero-order valence-electron chi connectivity index (χ0n) is 20.1. The number of benzene rings is 4. The molecule has 6 N–H and O–H groups in total. The average Bonchev–Trinajstić information content (AvgIpc) is 2.90. The van der Waals surface area contributed by atoms with Gasteiger partial charge in [-0.3, -0.25) is 15.1 Å². The minimum Gasteiger partial charge on any atom is -0.508 e. The van der Waals surface area contributed by atoms with Gasteiger partial charge in [-0.1, -0.05) is 0 Å². The molecule has 0 saturated carbocycles. The number of amides is 1. The van der Waals surface area contributed by atoms with Gasteiger partial charge in [-0.15, -0.1) is 0 Å². The minimum absolute atomic E-state index is 0.0216. The smallest absolute Gasteiger partial charge is 0.336 e. The van der Waals surface area contributed by atoms with Gasteiger partial charge in [-0.05, 0) is 90.5 Å². The van der Waals surface area contributed by atoms with Gasteiger partial charge in [0.25, 0.3) is 5.91 Å². The van der Waals surface area contributed by atoms with E-state index in [0.29, 0.717) is 28.4 Å². The lowest BCUT2D eigenvalue weighted by Crippen LogP contribution is -2.16. The van der Waals surface area contributed by atoms with Crippen LogP contribution in [-0.2, 0) is 11.4 Å². The molecule has 0 aromatic heterocycles. The van der Waals surface area contributed by atoms with Gasteiger partial charge in [-0.25, -0.2) is 9.59 Å². The van der Waals surface area contributed by atoms with Gasteiger partial charge in [0.15, 0.2) is 0 Å². The molecule has 0 aliphatic heterocycles. The molecule has 11 nitrogen and oxygen atoms in total. The Morgan fingerprint density at radius 3 is 1.77 bits per heavy atom. The SMILES string of the molecule is O=C(O)c1ccc(O)cc1CONc1ccc(Oc2ccc(NC(=O)c3cc(O)ccc3C(=O)O)cc2)cc1. The van der Waals surface area contributed by atoms with Gasteiger partial charge in [-0.2, -0.15) is 0 Å². The number of phenols is 2. The van der Waals surface area contributed by atoms with Crippen molar-refractivity contribution >= 4 is 29.2 Å². The highest BCUT2D eigenvalue weighted by Gasteiger charge is 2.17. The number of ether oxygens (including phenoxy) is 1. The van der Waals surface area contributed by atoms with Gasteiger partial charge in [0.2, 0.25) is 0 Å². The van der Waals surface area contributed by atoms with Crippen LogP contribution in [0.25, 0.3) is 0 Å². The predicted octanol–water partition coefficient (Wildman–Crippen LogP) is 5.08.